The maximum absolute atomic E-state index is 11.1. The van der Waals surface area contributed by atoms with Gasteiger partial charge in [-0.25, -0.2) is 4.79 Å². The van der Waals surface area contributed by atoms with Gasteiger partial charge < -0.3 is 14.5 Å². The second kappa shape index (κ2) is 5.36. The lowest BCUT2D eigenvalue weighted by Crippen LogP contribution is -2.17. The fourth-order valence-corrected chi connectivity index (χ4v) is 0.988. The Bertz CT molecular complexity index is 354. The Morgan fingerprint density at radius 2 is 2.33 bits per heavy atom. The van der Waals surface area contributed by atoms with Crippen LogP contribution in [0.5, 0.6) is 0 Å². The lowest BCUT2D eigenvalue weighted by Gasteiger charge is -2.00. The molecule has 0 amide bonds. The number of methoxy groups -OCH3 is 1. The summed E-state index contributed by atoms with van der Waals surface area (Å²) < 4.78 is 9.77. The Morgan fingerprint density at radius 3 is 2.93 bits per heavy atom. The van der Waals surface area contributed by atoms with Gasteiger partial charge in [-0.15, -0.1) is 0 Å². The number of rotatable bonds is 4. The summed E-state index contributed by atoms with van der Waals surface area (Å²) in [5.41, 5.74) is 0. The van der Waals surface area contributed by atoms with Crippen LogP contribution in [0.25, 0.3) is 6.08 Å². The van der Waals surface area contributed by atoms with Gasteiger partial charge in [-0.2, -0.15) is 0 Å². The summed E-state index contributed by atoms with van der Waals surface area (Å²) in [4.78, 5) is 11.1. The van der Waals surface area contributed by atoms with Crippen molar-refractivity contribution in [3.05, 3.63) is 29.7 Å². The molecule has 0 saturated carbocycles. The molecule has 15 heavy (non-hydrogen) atoms. The molecule has 0 aliphatic carbocycles. The first kappa shape index (κ1) is 11.5. The summed E-state index contributed by atoms with van der Waals surface area (Å²) in [7, 11) is 3.19. The number of hydrogen-bond acceptors (Lipinski definition) is 4. The highest BCUT2D eigenvalue weighted by Gasteiger charge is 2.09. The third-order valence-electron chi connectivity index (χ3n) is 2.02. The van der Waals surface area contributed by atoms with Gasteiger partial charge in [0.1, 0.15) is 5.76 Å². The van der Waals surface area contributed by atoms with Gasteiger partial charge in [0, 0.05) is 6.04 Å². The van der Waals surface area contributed by atoms with E-state index in [2.05, 4.69) is 10.1 Å². The van der Waals surface area contributed by atoms with Crippen molar-refractivity contribution < 1.29 is 13.9 Å². The lowest BCUT2D eigenvalue weighted by atomic mass is 10.3. The van der Waals surface area contributed by atoms with Crippen LogP contribution in [-0.2, 0) is 4.74 Å². The molecule has 1 unspecified atom stereocenters. The minimum atomic E-state index is -0.462. The van der Waals surface area contributed by atoms with Gasteiger partial charge in [0.25, 0.3) is 0 Å². The van der Waals surface area contributed by atoms with Gasteiger partial charge in [-0.1, -0.05) is 6.08 Å². The summed E-state index contributed by atoms with van der Waals surface area (Å²) in [6.45, 7) is 2.01. The molecule has 1 atom stereocenters. The topological polar surface area (TPSA) is 51.5 Å². The maximum Gasteiger partial charge on any atom is 0.373 e. The number of furan rings is 1. The molecule has 1 aromatic heterocycles. The van der Waals surface area contributed by atoms with Crippen LogP contribution in [-0.4, -0.2) is 26.2 Å². The molecule has 0 fully saturated rings. The van der Waals surface area contributed by atoms with Crippen LogP contribution in [0.4, 0.5) is 0 Å². The molecule has 0 aliphatic rings. The van der Waals surface area contributed by atoms with E-state index < -0.39 is 5.97 Å². The Labute approximate surface area is 88.9 Å². The molecule has 1 N–H and O–H groups in total. The van der Waals surface area contributed by atoms with E-state index in [1.165, 1.54) is 7.11 Å². The molecule has 0 bridgehead atoms. The molecule has 1 heterocycles. The Morgan fingerprint density at radius 1 is 1.60 bits per heavy atom. The van der Waals surface area contributed by atoms with Gasteiger partial charge >= 0.3 is 5.97 Å². The number of likely N-dealkylation sites (N-methyl/N-ethyl adjacent to an activating group) is 1. The zero-order valence-electron chi connectivity index (χ0n) is 9.11. The number of esters is 1. The van der Waals surface area contributed by atoms with Gasteiger partial charge in [0.05, 0.1) is 7.11 Å². The summed E-state index contributed by atoms with van der Waals surface area (Å²) in [5.74, 6) is 0.392. The monoisotopic (exact) mass is 209 g/mol. The van der Waals surface area contributed by atoms with Crippen molar-refractivity contribution in [2.45, 2.75) is 13.0 Å². The van der Waals surface area contributed by atoms with E-state index >= 15 is 0 Å². The molecule has 0 aromatic carbocycles. The van der Waals surface area contributed by atoms with E-state index in [1.807, 2.05) is 26.1 Å². The van der Waals surface area contributed by atoms with E-state index in [9.17, 15) is 4.79 Å². The highest BCUT2D eigenvalue weighted by molar-refractivity contribution is 5.86. The van der Waals surface area contributed by atoms with Crippen LogP contribution in [0.2, 0.25) is 0 Å². The van der Waals surface area contributed by atoms with Crippen molar-refractivity contribution >= 4 is 12.0 Å². The van der Waals surface area contributed by atoms with Crippen LogP contribution < -0.4 is 5.32 Å². The minimum absolute atomic E-state index is 0.217. The highest BCUT2D eigenvalue weighted by atomic mass is 16.5. The molecular weight excluding hydrogens is 194 g/mol. The van der Waals surface area contributed by atoms with E-state index in [4.69, 9.17) is 4.42 Å². The maximum atomic E-state index is 11.1. The molecule has 0 saturated heterocycles. The number of ether oxygens (including phenoxy) is 1. The van der Waals surface area contributed by atoms with E-state index in [0.29, 0.717) is 5.76 Å². The van der Waals surface area contributed by atoms with Crippen LogP contribution in [0.15, 0.2) is 22.6 Å². The molecule has 1 rings (SSSR count). The number of nitrogens with one attached hydrogen (secondary N) is 1. The standard InChI is InChI=1S/C11H15NO3/c1-8(12-2)4-5-9-6-7-10(15-9)11(13)14-3/h4-8,12H,1-3H3/b5-4+. The molecule has 0 aliphatic heterocycles. The van der Waals surface area contributed by atoms with Gasteiger partial charge in [0.15, 0.2) is 0 Å². The highest BCUT2D eigenvalue weighted by Crippen LogP contribution is 2.10. The van der Waals surface area contributed by atoms with E-state index in [0.717, 1.165) is 0 Å². The zero-order valence-corrected chi connectivity index (χ0v) is 9.11. The lowest BCUT2D eigenvalue weighted by molar-refractivity contribution is 0.0564. The quantitative estimate of drug-likeness (QED) is 0.767. The predicted molar refractivity (Wildman–Crippen MR) is 57.6 cm³/mol. The zero-order chi connectivity index (χ0) is 11.3. The van der Waals surface area contributed by atoms with Gasteiger partial charge in [0.2, 0.25) is 5.76 Å². The molecule has 4 heteroatoms. The Balaban J connectivity index is 2.68. The molecule has 0 spiro atoms. The van der Waals surface area contributed by atoms with Crippen molar-refractivity contribution in [3.8, 4) is 0 Å². The predicted octanol–water partition coefficient (Wildman–Crippen LogP) is 1.69. The van der Waals surface area contributed by atoms with E-state index in [1.54, 1.807) is 12.1 Å². The second-order valence-corrected chi connectivity index (χ2v) is 3.13. The molecule has 0 radical (unpaired) electrons. The summed E-state index contributed by atoms with van der Waals surface area (Å²) in [6, 6.07) is 3.58. The summed E-state index contributed by atoms with van der Waals surface area (Å²) >= 11 is 0. The first-order valence-electron chi connectivity index (χ1n) is 4.71. The fraction of sp³-hybridized carbons (Fsp3) is 0.364. The SMILES string of the molecule is CNC(C)/C=C/c1ccc(C(=O)OC)o1. The summed E-state index contributed by atoms with van der Waals surface area (Å²) in [5, 5.41) is 3.06. The first-order chi connectivity index (χ1) is 7.17. The normalized spacial score (nSPS) is 13.0. The third-order valence-corrected chi connectivity index (χ3v) is 2.02. The van der Waals surface area contributed by atoms with Gasteiger partial charge in [-0.05, 0) is 32.2 Å². The van der Waals surface area contributed by atoms with Crippen molar-refractivity contribution in [1.29, 1.82) is 0 Å². The number of carbonyl (C=O) groups is 1. The average molecular weight is 209 g/mol. The van der Waals surface area contributed by atoms with Crippen LogP contribution in [0, 0.1) is 0 Å². The molecule has 1 aromatic rings. The fourth-order valence-electron chi connectivity index (χ4n) is 0.988. The van der Waals surface area contributed by atoms with E-state index in [-0.39, 0.29) is 11.8 Å². The average Bonchev–Trinajstić information content (AvgIpc) is 2.73. The van der Waals surface area contributed by atoms with Crippen LogP contribution in [0.1, 0.15) is 23.2 Å². The second-order valence-electron chi connectivity index (χ2n) is 3.13. The van der Waals surface area contributed by atoms with Crippen molar-refractivity contribution in [2.75, 3.05) is 14.2 Å². The van der Waals surface area contributed by atoms with Crippen LogP contribution >= 0.6 is 0 Å². The van der Waals surface area contributed by atoms with Crippen LogP contribution in [0.3, 0.4) is 0 Å². The largest absolute Gasteiger partial charge is 0.463 e. The Hall–Kier alpha value is -1.55. The smallest absolute Gasteiger partial charge is 0.373 e. The minimum Gasteiger partial charge on any atom is -0.463 e. The molecule has 4 nitrogen and oxygen atoms in total. The number of hydrogen-bond donors (Lipinski definition) is 1. The first-order valence-corrected chi connectivity index (χ1v) is 4.71. The molecule has 82 valence electrons. The number of carbonyl (C=O) groups excluding carboxylic acids is 1. The van der Waals surface area contributed by atoms with Crippen molar-refractivity contribution in [3.63, 3.8) is 0 Å². The van der Waals surface area contributed by atoms with Crippen molar-refractivity contribution in [2.24, 2.45) is 0 Å². The molecular formula is C11H15NO3. The third kappa shape index (κ3) is 3.25. The van der Waals surface area contributed by atoms with Gasteiger partial charge in [-0.3, -0.25) is 0 Å². The van der Waals surface area contributed by atoms with Crippen molar-refractivity contribution in [1.82, 2.24) is 5.32 Å². The Kier molecular flexibility index (Phi) is 4.12. The summed E-state index contributed by atoms with van der Waals surface area (Å²) in [6.07, 6.45) is 3.76.